The van der Waals surface area contributed by atoms with Gasteiger partial charge >= 0.3 is 0 Å². The Balaban J connectivity index is 3.18. The van der Waals surface area contributed by atoms with Crippen LogP contribution in [0.3, 0.4) is 0 Å². The van der Waals surface area contributed by atoms with Crippen molar-refractivity contribution in [3.63, 3.8) is 0 Å². The topological polar surface area (TPSA) is 38.7 Å². The van der Waals surface area contributed by atoms with E-state index in [9.17, 15) is 0 Å². The Kier molecular flexibility index (Phi) is 5.93. The molecule has 0 saturated heterocycles. The fourth-order valence-corrected chi connectivity index (χ4v) is 0.455. The van der Waals surface area contributed by atoms with Gasteiger partial charge in [-0.15, -0.1) is 0 Å². The van der Waals surface area contributed by atoms with Gasteiger partial charge in [-0.05, 0) is 13.8 Å². The van der Waals surface area contributed by atoms with Crippen molar-refractivity contribution in [2.45, 2.75) is 13.8 Å². The van der Waals surface area contributed by atoms with Gasteiger partial charge in [0, 0.05) is 13.2 Å². The van der Waals surface area contributed by atoms with Gasteiger partial charge in [0.15, 0.2) is 0 Å². The Bertz CT molecular complexity index is 50.3. The summed E-state index contributed by atoms with van der Waals surface area (Å²) >= 11 is 0. The molecule has 9 heavy (non-hydrogen) atoms. The predicted molar refractivity (Wildman–Crippen MR) is 33.6 cm³/mol. The maximum atomic E-state index is 8.50. The van der Waals surface area contributed by atoms with E-state index >= 15 is 0 Å². The van der Waals surface area contributed by atoms with Gasteiger partial charge in [0.2, 0.25) is 6.29 Å². The van der Waals surface area contributed by atoms with Crippen LogP contribution in [-0.4, -0.2) is 24.9 Å². The molecule has 0 spiro atoms. The third kappa shape index (κ3) is 4.39. The van der Waals surface area contributed by atoms with Gasteiger partial charge in [-0.1, -0.05) is 0 Å². The summed E-state index contributed by atoms with van der Waals surface area (Å²) in [7, 11) is 0. The van der Waals surface area contributed by atoms with Gasteiger partial charge in [0.1, 0.15) is 6.61 Å². The van der Waals surface area contributed by atoms with Crippen LogP contribution in [0, 0.1) is 6.29 Å². The SMILES string of the molecule is CCO[C](CO)OCC. The molecule has 0 rings (SSSR count). The van der Waals surface area contributed by atoms with Crippen LogP contribution in [-0.2, 0) is 9.47 Å². The molecule has 0 aliphatic rings. The first kappa shape index (κ1) is 8.88. The van der Waals surface area contributed by atoms with Crippen molar-refractivity contribution >= 4 is 0 Å². The van der Waals surface area contributed by atoms with E-state index in [1.165, 1.54) is 0 Å². The van der Waals surface area contributed by atoms with Crippen molar-refractivity contribution in [3.8, 4) is 0 Å². The molecule has 3 nitrogen and oxygen atoms in total. The molecule has 0 aromatic heterocycles. The molecular weight excluding hydrogens is 120 g/mol. The lowest BCUT2D eigenvalue weighted by Crippen LogP contribution is -2.11. The van der Waals surface area contributed by atoms with Crippen LogP contribution in [0.4, 0.5) is 0 Å². The summed E-state index contributed by atoms with van der Waals surface area (Å²) in [6, 6.07) is 0. The molecular formula is C6H13O3. The molecule has 0 fully saturated rings. The number of aliphatic hydroxyl groups excluding tert-OH is 1. The first-order valence-corrected chi connectivity index (χ1v) is 3.07. The highest BCUT2D eigenvalue weighted by Gasteiger charge is 2.05. The van der Waals surface area contributed by atoms with Crippen molar-refractivity contribution < 1.29 is 14.6 Å². The van der Waals surface area contributed by atoms with Gasteiger partial charge in [-0.25, -0.2) is 0 Å². The summed E-state index contributed by atoms with van der Waals surface area (Å²) in [6.45, 7) is 4.61. The number of ether oxygens (including phenoxy) is 2. The van der Waals surface area contributed by atoms with Crippen molar-refractivity contribution in [1.82, 2.24) is 0 Å². The van der Waals surface area contributed by atoms with E-state index in [0.29, 0.717) is 19.5 Å². The van der Waals surface area contributed by atoms with Gasteiger partial charge < -0.3 is 14.6 Å². The van der Waals surface area contributed by atoms with E-state index in [2.05, 4.69) is 0 Å². The third-order valence-electron chi connectivity index (χ3n) is 0.740. The minimum Gasteiger partial charge on any atom is -0.391 e. The highest BCUT2D eigenvalue weighted by atomic mass is 16.7. The highest BCUT2D eigenvalue weighted by Crippen LogP contribution is 2.01. The molecule has 1 radical (unpaired) electrons. The maximum absolute atomic E-state index is 8.50. The molecule has 3 heteroatoms. The number of aliphatic hydroxyl groups is 1. The van der Waals surface area contributed by atoms with Crippen LogP contribution in [0.15, 0.2) is 0 Å². The molecule has 0 unspecified atom stereocenters. The average molecular weight is 133 g/mol. The molecule has 0 aromatic rings. The van der Waals surface area contributed by atoms with E-state index in [1.54, 1.807) is 0 Å². The molecule has 0 saturated carbocycles. The molecule has 1 N–H and O–H groups in total. The van der Waals surface area contributed by atoms with Crippen molar-refractivity contribution in [1.29, 1.82) is 0 Å². The smallest absolute Gasteiger partial charge is 0.250 e. The maximum Gasteiger partial charge on any atom is 0.250 e. The van der Waals surface area contributed by atoms with E-state index in [0.717, 1.165) is 0 Å². The van der Waals surface area contributed by atoms with Crippen molar-refractivity contribution in [3.05, 3.63) is 6.29 Å². The summed E-state index contributed by atoms with van der Waals surface area (Å²) in [5.74, 6) is 0. The lowest BCUT2D eigenvalue weighted by Gasteiger charge is -2.10. The zero-order valence-corrected chi connectivity index (χ0v) is 5.89. The first-order chi connectivity index (χ1) is 4.35. The van der Waals surface area contributed by atoms with Crippen LogP contribution >= 0.6 is 0 Å². The van der Waals surface area contributed by atoms with Crippen LogP contribution in [0.5, 0.6) is 0 Å². The predicted octanol–water partition coefficient (Wildman–Crippen LogP) is 0.541. The normalized spacial score (nSPS) is 10.7. The lowest BCUT2D eigenvalue weighted by atomic mass is 10.6. The molecule has 0 aliphatic heterocycles. The standard InChI is InChI=1S/C6H13O3/c1-3-8-6(5-7)9-4-2/h7H,3-5H2,1-2H3. The van der Waals surface area contributed by atoms with Crippen LogP contribution in [0.25, 0.3) is 0 Å². The lowest BCUT2D eigenvalue weighted by molar-refractivity contribution is -0.0628. The molecule has 0 atom stereocenters. The molecule has 0 amide bonds. The highest BCUT2D eigenvalue weighted by molar-refractivity contribution is 4.60. The largest absolute Gasteiger partial charge is 0.391 e. The quantitative estimate of drug-likeness (QED) is 0.595. The Hall–Kier alpha value is -0.120. The fraction of sp³-hybridized carbons (Fsp3) is 0.833. The summed E-state index contributed by atoms with van der Waals surface area (Å²) in [4.78, 5) is 0. The Morgan fingerprint density at radius 2 is 1.67 bits per heavy atom. The van der Waals surface area contributed by atoms with Crippen molar-refractivity contribution in [2.24, 2.45) is 0 Å². The van der Waals surface area contributed by atoms with E-state index < -0.39 is 0 Å². The first-order valence-electron chi connectivity index (χ1n) is 3.07. The third-order valence-corrected chi connectivity index (χ3v) is 0.740. The summed E-state index contributed by atoms with van der Waals surface area (Å²) in [5.41, 5.74) is 0. The molecule has 55 valence electrons. The summed E-state index contributed by atoms with van der Waals surface area (Å²) in [5, 5.41) is 8.50. The van der Waals surface area contributed by atoms with E-state index in [-0.39, 0.29) is 6.61 Å². The summed E-state index contributed by atoms with van der Waals surface area (Å²) < 4.78 is 9.75. The van der Waals surface area contributed by atoms with Crippen molar-refractivity contribution in [2.75, 3.05) is 19.8 Å². The molecule has 0 bridgehead atoms. The van der Waals surface area contributed by atoms with Gasteiger partial charge in [0.05, 0.1) is 0 Å². The van der Waals surface area contributed by atoms with Crippen LogP contribution < -0.4 is 0 Å². The second kappa shape index (κ2) is 6.01. The zero-order valence-electron chi connectivity index (χ0n) is 5.89. The average Bonchev–Trinajstić information content (AvgIpc) is 1.88. The fourth-order valence-electron chi connectivity index (χ4n) is 0.455. The molecule has 0 aliphatic carbocycles. The Morgan fingerprint density at radius 1 is 1.22 bits per heavy atom. The Morgan fingerprint density at radius 3 is 1.89 bits per heavy atom. The second-order valence-electron chi connectivity index (χ2n) is 1.40. The summed E-state index contributed by atoms with van der Waals surface area (Å²) in [6.07, 6.45) is 0.306. The number of hydrogen-bond acceptors (Lipinski definition) is 3. The minimum atomic E-state index is -0.151. The second-order valence-corrected chi connectivity index (χ2v) is 1.40. The molecule has 0 aromatic carbocycles. The van der Waals surface area contributed by atoms with Gasteiger partial charge in [-0.2, -0.15) is 0 Å². The Labute approximate surface area is 55.6 Å². The monoisotopic (exact) mass is 133 g/mol. The van der Waals surface area contributed by atoms with Gasteiger partial charge in [0.25, 0.3) is 0 Å². The van der Waals surface area contributed by atoms with E-state index in [4.69, 9.17) is 14.6 Å². The zero-order chi connectivity index (χ0) is 7.11. The molecule has 0 heterocycles. The number of rotatable bonds is 5. The number of hydrogen-bond donors (Lipinski definition) is 1. The minimum absolute atomic E-state index is 0.151. The van der Waals surface area contributed by atoms with E-state index in [1.807, 2.05) is 13.8 Å². The van der Waals surface area contributed by atoms with Crippen LogP contribution in [0.1, 0.15) is 13.8 Å². The van der Waals surface area contributed by atoms with Gasteiger partial charge in [-0.3, -0.25) is 0 Å². The van der Waals surface area contributed by atoms with Crippen LogP contribution in [0.2, 0.25) is 0 Å².